The van der Waals surface area contributed by atoms with Crippen LogP contribution in [-0.4, -0.2) is 70.5 Å². The number of nitrogens with one attached hydrogen (secondary N) is 2. The van der Waals surface area contributed by atoms with Crippen LogP contribution in [0.15, 0.2) is 16.4 Å². The molecule has 0 spiro atoms. The summed E-state index contributed by atoms with van der Waals surface area (Å²) in [6, 6.07) is 2.26. The minimum absolute atomic E-state index is 0. The maximum atomic E-state index is 5.56. The Balaban J connectivity index is 0.00000364. The van der Waals surface area contributed by atoms with Gasteiger partial charge in [0.15, 0.2) is 5.96 Å². The standard InChI is InChI=1S/C19H34N4O2S.HI/c1-3-4-11-24-13-14-25-12-8-22-19(20-2)21-7-10-23-9-5-18-17(16-23)6-15-26-18;/h6,15H,3-5,7-14,16H2,1-2H3,(H2,20,21,22);1H. The first kappa shape index (κ1) is 24.6. The first-order chi connectivity index (χ1) is 12.8. The van der Waals surface area contributed by atoms with Crippen LogP contribution in [0.2, 0.25) is 0 Å². The van der Waals surface area contributed by atoms with E-state index in [9.17, 15) is 0 Å². The summed E-state index contributed by atoms with van der Waals surface area (Å²) in [5.41, 5.74) is 1.50. The molecule has 1 aromatic rings. The molecule has 2 N–H and O–H groups in total. The number of guanidine groups is 1. The Morgan fingerprint density at radius 1 is 1.19 bits per heavy atom. The second-order valence-electron chi connectivity index (χ2n) is 6.40. The number of aliphatic imine (C=N–C) groups is 1. The van der Waals surface area contributed by atoms with Crippen molar-refractivity contribution in [3.63, 3.8) is 0 Å². The van der Waals surface area contributed by atoms with E-state index in [1.54, 1.807) is 11.9 Å². The molecule has 1 aliphatic rings. The number of hydrogen-bond acceptors (Lipinski definition) is 5. The summed E-state index contributed by atoms with van der Waals surface area (Å²) in [7, 11) is 1.80. The fourth-order valence-electron chi connectivity index (χ4n) is 2.86. The lowest BCUT2D eigenvalue weighted by Crippen LogP contribution is -2.43. The van der Waals surface area contributed by atoms with E-state index in [-0.39, 0.29) is 24.0 Å². The highest BCUT2D eigenvalue weighted by molar-refractivity contribution is 14.0. The van der Waals surface area contributed by atoms with Crippen LogP contribution in [0.25, 0.3) is 0 Å². The summed E-state index contributed by atoms with van der Waals surface area (Å²) in [4.78, 5) is 8.32. The van der Waals surface area contributed by atoms with Crippen LogP contribution in [-0.2, 0) is 22.4 Å². The molecule has 2 rings (SSSR count). The molecule has 156 valence electrons. The third kappa shape index (κ3) is 10.1. The highest BCUT2D eigenvalue weighted by atomic mass is 127. The van der Waals surface area contributed by atoms with Gasteiger partial charge in [0.2, 0.25) is 0 Å². The van der Waals surface area contributed by atoms with Crippen LogP contribution in [0, 0.1) is 0 Å². The molecular formula is C19H35IN4O2S. The molecule has 2 heterocycles. The van der Waals surface area contributed by atoms with Gasteiger partial charge in [-0.3, -0.25) is 9.89 Å². The Morgan fingerprint density at radius 2 is 1.96 bits per heavy atom. The fourth-order valence-corrected chi connectivity index (χ4v) is 3.75. The average Bonchev–Trinajstić information content (AvgIpc) is 3.13. The van der Waals surface area contributed by atoms with Gasteiger partial charge in [0.25, 0.3) is 0 Å². The van der Waals surface area contributed by atoms with E-state index in [0.717, 1.165) is 51.7 Å². The molecule has 0 atom stereocenters. The maximum absolute atomic E-state index is 5.56. The van der Waals surface area contributed by atoms with Crippen LogP contribution in [0.5, 0.6) is 0 Å². The minimum atomic E-state index is 0. The molecule has 0 amide bonds. The number of thiophene rings is 1. The minimum Gasteiger partial charge on any atom is -0.379 e. The van der Waals surface area contributed by atoms with Crippen LogP contribution < -0.4 is 10.6 Å². The molecule has 0 aliphatic carbocycles. The second-order valence-corrected chi connectivity index (χ2v) is 7.40. The topological polar surface area (TPSA) is 58.1 Å². The highest BCUT2D eigenvalue weighted by Crippen LogP contribution is 2.23. The molecule has 0 saturated carbocycles. The number of nitrogens with zero attached hydrogens (tertiary/aromatic N) is 2. The lowest BCUT2D eigenvalue weighted by molar-refractivity contribution is 0.0487. The summed E-state index contributed by atoms with van der Waals surface area (Å²) in [5.74, 6) is 0.834. The first-order valence-corrected chi connectivity index (χ1v) is 10.6. The summed E-state index contributed by atoms with van der Waals surface area (Å²) in [6.45, 7) is 9.87. The van der Waals surface area contributed by atoms with Gasteiger partial charge in [-0.15, -0.1) is 35.3 Å². The Morgan fingerprint density at radius 3 is 2.74 bits per heavy atom. The lowest BCUT2D eigenvalue weighted by Gasteiger charge is -2.27. The Bertz CT molecular complexity index is 528. The fraction of sp³-hybridized carbons (Fsp3) is 0.737. The largest absolute Gasteiger partial charge is 0.379 e. The predicted molar refractivity (Wildman–Crippen MR) is 125 cm³/mol. The van der Waals surface area contributed by atoms with Crippen LogP contribution in [0.4, 0.5) is 0 Å². The zero-order chi connectivity index (χ0) is 18.5. The Labute approximate surface area is 185 Å². The third-order valence-corrected chi connectivity index (χ3v) is 5.41. The van der Waals surface area contributed by atoms with Gasteiger partial charge in [0, 0.05) is 51.3 Å². The smallest absolute Gasteiger partial charge is 0.191 e. The predicted octanol–water partition coefficient (Wildman–Crippen LogP) is 2.72. The van der Waals surface area contributed by atoms with E-state index in [0.29, 0.717) is 19.8 Å². The van der Waals surface area contributed by atoms with Crippen LogP contribution >= 0.6 is 35.3 Å². The van der Waals surface area contributed by atoms with E-state index < -0.39 is 0 Å². The van der Waals surface area contributed by atoms with E-state index in [1.807, 2.05) is 11.3 Å². The number of halogens is 1. The van der Waals surface area contributed by atoms with Crippen molar-refractivity contribution in [1.82, 2.24) is 15.5 Å². The third-order valence-electron chi connectivity index (χ3n) is 4.38. The molecule has 0 bridgehead atoms. The van der Waals surface area contributed by atoms with E-state index in [1.165, 1.54) is 18.4 Å². The van der Waals surface area contributed by atoms with Crippen molar-refractivity contribution in [1.29, 1.82) is 0 Å². The second kappa shape index (κ2) is 15.5. The van der Waals surface area contributed by atoms with Crippen molar-refractivity contribution >= 4 is 41.3 Å². The van der Waals surface area contributed by atoms with Gasteiger partial charge < -0.3 is 20.1 Å². The number of unbranched alkanes of at least 4 members (excludes halogenated alkanes) is 1. The molecular weight excluding hydrogens is 475 g/mol. The van der Waals surface area contributed by atoms with Gasteiger partial charge in [0.05, 0.1) is 19.8 Å². The quantitative estimate of drug-likeness (QED) is 0.196. The number of ether oxygens (including phenoxy) is 2. The number of rotatable bonds is 12. The monoisotopic (exact) mass is 510 g/mol. The van der Waals surface area contributed by atoms with E-state index >= 15 is 0 Å². The van der Waals surface area contributed by atoms with Crippen molar-refractivity contribution in [2.75, 3.05) is 59.7 Å². The molecule has 8 heteroatoms. The van der Waals surface area contributed by atoms with Gasteiger partial charge in [-0.05, 0) is 29.9 Å². The van der Waals surface area contributed by atoms with Gasteiger partial charge in [-0.25, -0.2) is 0 Å². The molecule has 0 unspecified atom stereocenters. The molecule has 1 aliphatic heterocycles. The van der Waals surface area contributed by atoms with Crippen molar-refractivity contribution in [3.8, 4) is 0 Å². The Hall–Kier alpha value is -0.420. The lowest BCUT2D eigenvalue weighted by atomic mass is 10.1. The van der Waals surface area contributed by atoms with Crippen molar-refractivity contribution in [2.24, 2.45) is 4.99 Å². The van der Waals surface area contributed by atoms with E-state index in [4.69, 9.17) is 9.47 Å². The zero-order valence-electron chi connectivity index (χ0n) is 16.7. The summed E-state index contributed by atoms with van der Waals surface area (Å²) in [6.07, 6.45) is 3.47. The molecule has 0 saturated heterocycles. The van der Waals surface area contributed by atoms with Crippen LogP contribution in [0.3, 0.4) is 0 Å². The van der Waals surface area contributed by atoms with Gasteiger partial charge in [0.1, 0.15) is 0 Å². The van der Waals surface area contributed by atoms with Crippen molar-refractivity contribution in [3.05, 3.63) is 21.9 Å². The molecule has 0 aromatic carbocycles. The molecule has 0 radical (unpaired) electrons. The molecule has 6 nitrogen and oxygen atoms in total. The molecule has 27 heavy (non-hydrogen) atoms. The maximum Gasteiger partial charge on any atom is 0.191 e. The zero-order valence-corrected chi connectivity index (χ0v) is 19.8. The van der Waals surface area contributed by atoms with Crippen molar-refractivity contribution in [2.45, 2.75) is 32.7 Å². The van der Waals surface area contributed by atoms with Crippen LogP contribution in [0.1, 0.15) is 30.2 Å². The van der Waals surface area contributed by atoms with Gasteiger partial charge in [-0.2, -0.15) is 0 Å². The average molecular weight is 510 g/mol. The normalized spacial score (nSPS) is 14.5. The highest BCUT2D eigenvalue weighted by Gasteiger charge is 2.16. The van der Waals surface area contributed by atoms with Crippen molar-refractivity contribution < 1.29 is 9.47 Å². The summed E-state index contributed by atoms with van der Waals surface area (Å²) >= 11 is 1.89. The SMILES string of the molecule is CCCCOCCOCCNC(=NC)NCCN1CCc2sccc2C1.I. The molecule has 0 fully saturated rings. The summed E-state index contributed by atoms with van der Waals surface area (Å²) < 4.78 is 11.0. The first-order valence-electron chi connectivity index (χ1n) is 9.71. The Kier molecular flexibility index (Phi) is 14.1. The van der Waals surface area contributed by atoms with E-state index in [2.05, 4.69) is 38.9 Å². The number of fused-ring (bicyclic) bond motifs is 1. The van der Waals surface area contributed by atoms with Gasteiger partial charge >= 0.3 is 0 Å². The summed E-state index contributed by atoms with van der Waals surface area (Å²) in [5, 5.41) is 8.87. The molecule has 1 aromatic heterocycles. The number of hydrogen-bond donors (Lipinski definition) is 2. The van der Waals surface area contributed by atoms with Gasteiger partial charge in [-0.1, -0.05) is 13.3 Å².